The van der Waals surface area contributed by atoms with E-state index >= 15 is 0 Å². The van der Waals surface area contributed by atoms with E-state index in [0.717, 1.165) is 36.9 Å². The Morgan fingerprint density at radius 3 is 2.32 bits per heavy atom. The Morgan fingerprint density at radius 1 is 1.00 bits per heavy atom. The number of amides is 1. The number of benzene rings is 2. The minimum Gasteiger partial charge on any atom is -0.352 e. The van der Waals surface area contributed by atoms with Crippen molar-refractivity contribution in [3.05, 3.63) is 60.2 Å². The number of hydrogen-bond donors (Lipinski definition) is 2. The largest absolute Gasteiger partial charge is 0.352 e. The fourth-order valence-electron chi connectivity index (χ4n) is 3.08. The molecule has 0 aromatic heterocycles. The van der Waals surface area contributed by atoms with Crippen molar-refractivity contribution in [3.8, 4) is 11.1 Å². The van der Waals surface area contributed by atoms with Crippen molar-refractivity contribution < 1.29 is 4.79 Å². The van der Waals surface area contributed by atoms with E-state index in [1.165, 1.54) is 0 Å². The molecule has 3 rings (SSSR count). The summed E-state index contributed by atoms with van der Waals surface area (Å²) >= 11 is 0. The molecule has 3 N–H and O–H groups in total. The van der Waals surface area contributed by atoms with Crippen molar-refractivity contribution in [2.45, 2.75) is 25.3 Å². The third-order valence-electron chi connectivity index (χ3n) is 4.39. The molecular weight excluding hydrogens is 272 g/mol. The van der Waals surface area contributed by atoms with Crippen LogP contribution in [0.2, 0.25) is 0 Å². The molecule has 2 atom stereocenters. The van der Waals surface area contributed by atoms with Gasteiger partial charge in [-0.15, -0.1) is 0 Å². The lowest BCUT2D eigenvalue weighted by molar-refractivity contribution is 0.0947. The van der Waals surface area contributed by atoms with Gasteiger partial charge in [-0.2, -0.15) is 0 Å². The number of nitrogens with two attached hydrogens (primary N) is 1. The lowest BCUT2D eigenvalue weighted by atomic mass is 10.0. The van der Waals surface area contributed by atoms with Crippen LogP contribution in [0.5, 0.6) is 0 Å². The Labute approximate surface area is 131 Å². The zero-order chi connectivity index (χ0) is 15.4. The molecule has 2 aromatic rings. The number of carbonyl (C=O) groups is 1. The van der Waals surface area contributed by atoms with Crippen molar-refractivity contribution in [3.63, 3.8) is 0 Å². The molecule has 1 saturated carbocycles. The second-order valence-electron chi connectivity index (χ2n) is 6.09. The van der Waals surface area contributed by atoms with Gasteiger partial charge in [0.1, 0.15) is 0 Å². The van der Waals surface area contributed by atoms with E-state index in [4.69, 9.17) is 5.73 Å². The highest BCUT2D eigenvalue weighted by Crippen LogP contribution is 2.23. The van der Waals surface area contributed by atoms with Crippen LogP contribution < -0.4 is 11.1 Å². The first kappa shape index (κ1) is 14.8. The summed E-state index contributed by atoms with van der Waals surface area (Å²) in [6, 6.07) is 18.2. The molecular formula is C19H22N2O. The molecule has 0 radical (unpaired) electrons. The van der Waals surface area contributed by atoms with E-state index in [1.807, 2.05) is 42.5 Å². The topological polar surface area (TPSA) is 55.1 Å². The van der Waals surface area contributed by atoms with E-state index < -0.39 is 0 Å². The summed E-state index contributed by atoms with van der Waals surface area (Å²) in [6.07, 6.45) is 3.22. The van der Waals surface area contributed by atoms with E-state index in [2.05, 4.69) is 17.4 Å². The molecule has 0 unspecified atom stereocenters. The van der Waals surface area contributed by atoms with Crippen molar-refractivity contribution >= 4 is 5.91 Å². The maximum atomic E-state index is 12.2. The van der Waals surface area contributed by atoms with Crippen LogP contribution in [0.3, 0.4) is 0 Å². The van der Waals surface area contributed by atoms with Crippen molar-refractivity contribution in [2.75, 3.05) is 6.54 Å². The molecule has 22 heavy (non-hydrogen) atoms. The molecule has 0 spiro atoms. The Hall–Kier alpha value is -2.13. The standard InChI is InChI=1S/C19H22N2O/c20-18-11-6-14(12-18)13-21-19(22)17-9-7-16(8-10-17)15-4-2-1-3-5-15/h1-5,7-10,14,18H,6,11-13,20H2,(H,21,22)/t14-,18+/m0/s1. The van der Waals surface area contributed by atoms with Gasteiger partial charge in [-0.1, -0.05) is 42.5 Å². The lowest BCUT2D eigenvalue weighted by Gasteiger charge is -2.11. The highest BCUT2D eigenvalue weighted by Gasteiger charge is 2.22. The summed E-state index contributed by atoms with van der Waals surface area (Å²) in [5.41, 5.74) is 8.90. The van der Waals surface area contributed by atoms with Gasteiger partial charge in [-0.05, 0) is 48.4 Å². The van der Waals surface area contributed by atoms with Gasteiger partial charge in [0.2, 0.25) is 0 Å². The monoisotopic (exact) mass is 294 g/mol. The molecule has 0 aliphatic heterocycles. The first-order valence-corrected chi connectivity index (χ1v) is 7.91. The van der Waals surface area contributed by atoms with Crippen LogP contribution in [0.15, 0.2) is 54.6 Å². The van der Waals surface area contributed by atoms with Gasteiger partial charge in [-0.25, -0.2) is 0 Å². The zero-order valence-electron chi connectivity index (χ0n) is 12.7. The normalized spacial score (nSPS) is 20.8. The van der Waals surface area contributed by atoms with Gasteiger partial charge in [0.05, 0.1) is 0 Å². The Morgan fingerprint density at radius 2 is 1.68 bits per heavy atom. The quantitative estimate of drug-likeness (QED) is 0.909. The number of rotatable bonds is 4. The van der Waals surface area contributed by atoms with Gasteiger partial charge in [0, 0.05) is 18.2 Å². The molecule has 1 fully saturated rings. The molecule has 114 valence electrons. The van der Waals surface area contributed by atoms with E-state index in [9.17, 15) is 4.79 Å². The Balaban J connectivity index is 1.59. The van der Waals surface area contributed by atoms with Crippen LogP contribution in [-0.2, 0) is 0 Å². The van der Waals surface area contributed by atoms with Gasteiger partial charge < -0.3 is 11.1 Å². The summed E-state index contributed by atoms with van der Waals surface area (Å²) in [5.74, 6) is 0.530. The maximum absolute atomic E-state index is 12.2. The van der Waals surface area contributed by atoms with Crippen LogP contribution in [0.1, 0.15) is 29.6 Å². The van der Waals surface area contributed by atoms with Crippen LogP contribution in [0, 0.1) is 5.92 Å². The predicted molar refractivity (Wildman–Crippen MR) is 89.5 cm³/mol. The Bertz CT molecular complexity index is 622. The molecule has 2 aromatic carbocycles. The predicted octanol–water partition coefficient (Wildman–Crippen LogP) is 3.21. The third-order valence-corrected chi connectivity index (χ3v) is 4.39. The minimum absolute atomic E-state index is 0.0000770. The fourth-order valence-corrected chi connectivity index (χ4v) is 3.08. The second kappa shape index (κ2) is 6.75. The average molecular weight is 294 g/mol. The fraction of sp³-hybridized carbons (Fsp3) is 0.316. The molecule has 0 saturated heterocycles. The summed E-state index contributed by atoms with van der Waals surface area (Å²) in [5, 5.41) is 3.03. The summed E-state index contributed by atoms with van der Waals surface area (Å²) in [7, 11) is 0. The first-order chi connectivity index (χ1) is 10.7. The van der Waals surface area contributed by atoms with Crippen molar-refractivity contribution in [1.82, 2.24) is 5.32 Å². The van der Waals surface area contributed by atoms with Crippen LogP contribution in [0.25, 0.3) is 11.1 Å². The first-order valence-electron chi connectivity index (χ1n) is 7.91. The molecule has 1 amide bonds. The average Bonchev–Trinajstić information content (AvgIpc) is 2.99. The number of carbonyl (C=O) groups excluding carboxylic acids is 1. The lowest BCUT2D eigenvalue weighted by Crippen LogP contribution is -2.29. The summed E-state index contributed by atoms with van der Waals surface area (Å²) in [4.78, 5) is 12.2. The van der Waals surface area contributed by atoms with Gasteiger partial charge >= 0.3 is 0 Å². The zero-order valence-corrected chi connectivity index (χ0v) is 12.7. The summed E-state index contributed by atoms with van der Waals surface area (Å²) in [6.45, 7) is 0.729. The molecule has 1 aliphatic rings. The molecule has 1 aliphatic carbocycles. The van der Waals surface area contributed by atoms with Gasteiger partial charge in [0.15, 0.2) is 0 Å². The molecule has 3 heteroatoms. The van der Waals surface area contributed by atoms with Crippen molar-refractivity contribution in [2.24, 2.45) is 11.7 Å². The second-order valence-corrected chi connectivity index (χ2v) is 6.09. The SMILES string of the molecule is N[C@@H]1CC[C@H](CNC(=O)c2ccc(-c3ccccc3)cc2)C1. The van der Waals surface area contributed by atoms with Crippen LogP contribution in [-0.4, -0.2) is 18.5 Å². The maximum Gasteiger partial charge on any atom is 0.251 e. The van der Waals surface area contributed by atoms with Gasteiger partial charge in [-0.3, -0.25) is 4.79 Å². The highest BCUT2D eigenvalue weighted by molar-refractivity contribution is 5.94. The Kier molecular flexibility index (Phi) is 4.54. The van der Waals surface area contributed by atoms with Crippen LogP contribution >= 0.6 is 0 Å². The number of nitrogens with one attached hydrogen (secondary N) is 1. The third kappa shape index (κ3) is 3.55. The molecule has 3 nitrogen and oxygen atoms in total. The van der Waals surface area contributed by atoms with Gasteiger partial charge in [0.25, 0.3) is 5.91 Å². The number of hydrogen-bond acceptors (Lipinski definition) is 2. The minimum atomic E-state index is 0.0000770. The van der Waals surface area contributed by atoms with E-state index in [0.29, 0.717) is 17.5 Å². The van der Waals surface area contributed by atoms with Crippen molar-refractivity contribution in [1.29, 1.82) is 0 Å². The summed E-state index contributed by atoms with van der Waals surface area (Å²) < 4.78 is 0. The van der Waals surface area contributed by atoms with E-state index in [1.54, 1.807) is 0 Å². The van der Waals surface area contributed by atoms with Crippen LogP contribution in [0.4, 0.5) is 0 Å². The van der Waals surface area contributed by atoms with E-state index in [-0.39, 0.29) is 5.91 Å². The molecule has 0 heterocycles. The highest BCUT2D eigenvalue weighted by atomic mass is 16.1. The smallest absolute Gasteiger partial charge is 0.251 e. The molecule has 0 bridgehead atoms.